The molecule has 0 saturated heterocycles. The zero-order valence-electron chi connectivity index (χ0n) is 10.0. The number of nitrogens with one attached hydrogen (secondary N) is 1. The highest BCUT2D eigenvalue weighted by molar-refractivity contribution is 6.33. The Labute approximate surface area is 103 Å². The molecule has 1 aromatic carbocycles. The van der Waals surface area contributed by atoms with Gasteiger partial charge in [0.25, 0.3) is 0 Å². The molecule has 1 N–H and O–H groups in total. The topological polar surface area (TPSA) is 12.0 Å². The maximum Gasteiger partial charge on any atom is 0.0637 e. The van der Waals surface area contributed by atoms with Gasteiger partial charge in [0.15, 0.2) is 0 Å². The Morgan fingerprint density at radius 1 is 1.12 bits per heavy atom. The van der Waals surface area contributed by atoms with Crippen LogP contribution in [0.4, 0.5) is 5.69 Å². The summed E-state index contributed by atoms with van der Waals surface area (Å²) in [7, 11) is 0. The summed E-state index contributed by atoms with van der Waals surface area (Å²) in [4.78, 5) is 0. The van der Waals surface area contributed by atoms with Gasteiger partial charge in [-0.1, -0.05) is 37.6 Å². The Bertz CT molecular complexity index is 350. The van der Waals surface area contributed by atoms with Gasteiger partial charge in [-0.25, -0.2) is 0 Å². The Morgan fingerprint density at radius 2 is 1.88 bits per heavy atom. The summed E-state index contributed by atoms with van der Waals surface area (Å²) < 4.78 is 0. The molecular formula is C14H20ClN. The number of hydrogen-bond acceptors (Lipinski definition) is 1. The van der Waals surface area contributed by atoms with Crippen molar-refractivity contribution in [2.24, 2.45) is 11.8 Å². The summed E-state index contributed by atoms with van der Waals surface area (Å²) in [6.07, 6.45) is 3.84. The smallest absolute Gasteiger partial charge is 0.0637 e. The normalized spacial score (nSPS) is 30.1. The van der Waals surface area contributed by atoms with E-state index in [1.165, 1.54) is 19.3 Å². The highest BCUT2D eigenvalue weighted by Crippen LogP contribution is 2.32. The van der Waals surface area contributed by atoms with E-state index in [9.17, 15) is 0 Å². The van der Waals surface area contributed by atoms with Crippen LogP contribution in [-0.2, 0) is 0 Å². The lowest BCUT2D eigenvalue weighted by molar-refractivity contribution is 0.261. The second kappa shape index (κ2) is 5.09. The fourth-order valence-corrected chi connectivity index (χ4v) is 2.67. The lowest BCUT2D eigenvalue weighted by Gasteiger charge is -2.33. The van der Waals surface area contributed by atoms with Crippen molar-refractivity contribution in [3.63, 3.8) is 0 Å². The molecule has 0 radical (unpaired) electrons. The van der Waals surface area contributed by atoms with Crippen molar-refractivity contribution in [1.29, 1.82) is 0 Å². The molecule has 1 aromatic rings. The van der Waals surface area contributed by atoms with Crippen molar-refractivity contribution in [3.05, 3.63) is 29.3 Å². The van der Waals surface area contributed by atoms with Crippen molar-refractivity contribution in [1.82, 2.24) is 0 Å². The lowest BCUT2D eigenvalue weighted by atomic mass is 9.79. The van der Waals surface area contributed by atoms with Gasteiger partial charge in [-0.15, -0.1) is 0 Å². The van der Waals surface area contributed by atoms with E-state index in [1.54, 1.807) is 0 Å². The Kier molecular flexibility index (Phi) is 3.75. The summed E-state index contributed by atoms with van der Waals surface area (Å²) in [5.41, 5.74) is 1.08. The van der Waals surface area contributed by atoms with E-state index in [4.69, 9.17) is 11.6 Å². The molecule has 1 fully saturated rings. The Hall–Kier alpha value is -0.690. The van der Waals surface area contributed by atoms with Crippen molar-refractivity contribution in [2.45, 2.75) is 39.2 Å². The second-order valence-corrected chi connectivity index (χ2v) is 5.50. The van der Waals surface area contributed by atoms with Gasteiger partial charge in [0.05, 0.1) is 10.7 Å². The zero-order valence-corrected chi connectivity index (χ0v) is 10.8. The van der Waals surface area contributed by atoms with E-state index < -0.39 is 0 Å². The first kappa shape index (κ1) is 11.8. The fraction of sp³-hybridized carbons (Fsp3) is 0.571. The van der Waals surface area contributed by atoms with Crippen molar-refractivity contribution in [3.8, 4) is 0 Å². The number of benzene rings is 1. The summed E-state index contributed by atoms with van der Waals surface area (Å²) in [5.74, 6) is 1.68. The number of para-hydroxylation sites is 1. The first-order valence-electron chi connectivity index (χ1n) is 6.18. The van der Waals surface area contributed by atoms with Gasteiger partial charge >= 0.3 is 0 Å². The van der Waals surface area contributed by atoms with E-state index in [1.807, 2.05) is 18.2 Å². The highest BCUT2D eigenvalue weighted by atomic mass is 35.5. The SMILES string of the molecule is CC1CCC(Nc2ccccc2Cl)CC1C. The summed E-state index contributed by atoms with van der Waals surface area (Å²) >= 11 is 6.15. The minimum Gasteiger partial charge on any atom is -0.381 e. The van der Waals surface area contributed by atoms with Crippen LogP contribution in [0, 0.1) is 11.8 Å². The minimum atomic E-state index is 0.589. The average molecular weight is 238 g/mol. The predicted octanol–water partition coefficient (Wildman–Crippen LogP) is 4.58. The molecule has 16 heavy (non-hydrogen) atoms. The molecule has 0 aliphatic heterocycles. The number of rotatable bonds is 2. The van der Waals surface area contributed by atoms with Gasteiger partial charge in [-0.3, -0.25) is 0 Å². The maximum absolute atomic E-state index is 6.15. The van der Waals surface area contributed by atoms with Crippen LogP contribution in [0.25, 0.3) is 0 Å². The molecule has 3 atom stereocenters. The largest absolute Gasteiger partial charge is 0.381 e. The van der Waals surface area contributed by atoms with Crippen molar-refractivity contribution >= 4 is 17.3 Å². The van der Waals surface area contributed by atoms with Crippen LogP contribution < -0.4 is 5.32 Å². The first-order chi connectivity index (χ1) is 7.66. The van der Waals surface area contributed by atoms with Gasteiger partial charge in [0.1, 0.15) is 0 Å². The molecule has 3 unspecified atom stereocenters. The molecule has 1 saturated carbocycles. The average Bonchev–Trinajstić information content (AvgIpc) is 2.27. The second-order valence-electron chi connectivity index (χ2n) is 5.09. The van der Waals surface area contributed by atoms with Gasteiger partial charge in [-0.2, -0.15) is 0 Å². The van der Waals surface area contributed by atoms with Gasteiger partial charge in [-0.05, 0) is 43.2 Å². The number of anilines is 1. The maximum atomic E-state index is 6.15. The molecule has 2 heteroatoms. The van der Waals surface area contributed by atoms with E-state index in [-0.39, 0.29) is 0 Å². The standard InChI is InChI=1S/C14H20ClN/c1-10-7-8-12(9-11(10)2)16-14-6-4-3-5-13(14)15/h3-6,10-12,16H,7-9H2,1-2H3. The van der Waals surface area contributed by atoms with E-state index in [2.05, 4.69) is 25.2 Å². The molecule has 1 nitrogen and oxygen atoms in total. The fourth-order valence-electron chi connectivity index (χ4n) is 2.48. The number of halogens is 1. The van der Waals surface area contributed by atoms with Crippen LogP contribution in [0.3, 0.4) is 0 Å². The Morgan fingerprint density at radius 3 is 2.56 bits per heavy atom. The van der Waals surface area contributed by atoms with Crippen LogP contribution in [0.15, 0.2) is 24.3 Å². The Balaban J connectivity index is 1.98. The van der Waals surface area contributed by atoms with E-state index >= 15 is 0 Å². The van der Waals surface area contributed by atoms with Crippen LogP contribution in [0.1, 0.15) is 33.1 Å². The predicted molar refractivity (Wildman–Crippen MR) is 71.0 cm³/mol. The molecular weight excluding hydrogens is 218 g/mol. The lowest BCUT2D eigenvalue weighted by Crippen LogP contribution is -2.30. The molecule has 0 aromatic heterocycles. The van der Waals surface area contributed by atoms with Crippen molar-refractivity contribution < 1.29 is 0 Å². The van der Waals surface area contributed by atoms with Crippen molar-refractivity contribution in [2.75, 3.05) is 5.32 Å². The van der Waals surface area contributed by atoms with Gasteiger partial charge < -0.3 is 5.32 Å². The minimum absolute atomic E-state index is 0.589. The van der Waals surface area contributed by atoms with E-state index in [0.29, 0.717) is 6.04 Å². The molecule has 0 spiro atoms. The molecule has 0 amide bonds. The van der Waals surface area contributed by atoms with Gasteiger partial charge in [0.2, 0.25) is 0 Å². The van der Waals surface area contributed by atoms with E-state index in [0.717, 1.165) is 22.5 Å². The number of hydrogen-bond donors (Lipinski definition) is 1. The highest BCUT2D eigenvalue weighted by Gasteiger charge is 2.24. The monoisotopic (exact) mass is 237 g/mol. The molecule has 1 aliphatic rings. The zero-order chi connectivity index (χ0) is 11.5. The summed E-state index contributed by atoms with van der Waals surface area (Å²) in [6, 6.07) is 8.59. The van der Waals surface area contributed by atoms with Crippen LogP contribution >= 0.6 is 11.6 Å². The van der Waals surface area contributed by atoms with Crippen LogP contribution in [0.5, 0.6) is 0 Å². The summed E-state index contributed by atoms with van der Waals surface area (Å²) in [5, 5.41) is 4.40. The summed E-state index contributed by atoms with van der Waals surface area (Å²) in [6.45, 7) is 4.71. The molecule has 1 aliphatic carbocycles. The molecule has 2 rings (SSSR count). The quantitative estimate of drug-likeness (QED) is 0.794. The first-order valence-corrected chi connectivity index (χ1v) is 6.55. The molecule has 88 valence electrons. The van der Waals surface area contributed by atoms with Crippen LogP contribution in [-0.4, -0.2) is 6.04 Å². The van der Waals surface area contributed by atoms with Crippen LogP contribution in [0.2, 0.25) is 5.02 Å². The third-order valence-corrected chi connectivity index (χ3v) is 4.16. The molecule has 0 heterocycles. The third kappa shape index (κ3) is 2.70. The third-order valence-electron chi connectivity index (χ3n) is 3.83. The molecule has 0 bridgehead atoms. The van der Waals surface area contributed by atoms with Gasteiger partial charge in [0, 0.05) is 6.04 Å².